The summed E-state index contributed by atoms with van der Waals surface area (Å²) >= 11 is 6.50. The van der Waals surface area contributed by atoms with Gasteiger partial charge in [0.2, 0.25) is 10.0 Å². The number of hydrogen-bond acceptors (Lipinski definition) is 6. The van der Waals surface area contributed by atoms with Gasteiger partial charge < -0.3 is 4.74 Å². The summed E-state index contributed by atoms with van der Waals surface area (Å²) in [6.07, 6.45) is 2.37. The number of aromatic nitrogens is 3. The molecule has 0 amide bonds. The van der Waals surface area contributed by atoms with Crippen molar-refractivity contribution < 1.29 is 17.9 Å². The number of sulfonamides is 1. The van der Waals surface area contributed by atoms with E-state index in [9.17, 15) is 18.0 Å². The first-order valence-corrected chi connectivity index (χ1v) is 16.1. The molecule has 3 aromatic carbocycles. The van der Waals surface area contributed by atoms with Crippen molar-refractivity contribution in [3.63, 3.8) is 0 Å². The third kappa shape index (κ3) is 7.62. The van der Waals surface area contributed by atoms with Crippen molar-refractivity contribution in [1.29, 1.82) is 0 Å². The van der Waals surface area contributed by atoms with Crippen LogP contribution in [0.25, 0.3) is 16.8 Å². The van der Waals surface area contributed by atoms with Crippen LogP contribution in [-0.2, 0) is 27.7 Å². The highest BCUT2D eigenvalue weighted by molar-refractivity contribution is 7.89. The molecule has 4 rings (SSSR count). The fourth-order valence-electron chi connectivity index (χ4n) is 4.66. The van der Waals surface area contributed by atoms with Crippen LogP contribution in [-0.4, -0.2) is 40.9 Å². The van der Waals surface area contributed by atoms with Gasteiger partial charge in [0.25, 0.3) is 0 Å². The standard InChI is InChI=1S/C32H37ClN4O5S/c1-6-8-13-29-34-37(27-19-18-24(20-26(27)33)30(38)42-7-2)31(39)36(29)21-22-14-16-23(17-15-22)25-11-9-10-12-28(25)43(40,41)35-32(3,4)5/h9-12,14-20,35H,6-8,13,21H2,1-5H3. The normalized spacial score (nSPS) is 12.0. The van der Waals surface area contributed by atoms with Crippen LogP contribution in [0.5, 0.6) is 0 Å². The lowest BCUT2D eigenvalue weighted by molar-refractivity contribution is 0.0526. The molecule has 0 saturated carbocycles. The zero-order valence-corrected chi connectivity index (χ0v) is 26.6. The molecule has 1 heterocycles. The van der Waals surface area contributed by atoms with Gasteiger partial charge in [0.1, 0.15) is 5.82 Å². The fourth-order valence-corrected chi connectivity index (χ4v) is 6.57. The van der Waals surface area contributed by atoms with Gasteiger partial charge in [-0.3, -0.25) is 4.57 Å². The minimum absolute atomic E-state index is 0.197. The maximum absolute atomic E-state index is 13.6. The highest BCUT2D eigenvalue weighted by Gasteiger charge is 2.25. The number of hydrogen-bond donors (Lipinski definition) is 1. The number of rotatable bonds is 11. The Morgan fingerprint density at radius 3 is 2.35 bits per heavy atom. The highest BCUT2D eigenvalue weighted by atomic mass is 35.5. The largest absolute Gasteiger partial charge is 0.462 e. The van der Waals surface area contributed by atoms with Crippen LogP contribution in [0.4, 0.5) is 0 Å². The van der Waals surface area contributed by atoms with E-state index < -0.39 is 21.5 Å². The predicted molar refractivity (Wildman–Crippen MR) is 168 cm³/mol. The van der Waals surface area contributed by atoms with Crippen molar-refractivity contribution in [3.8, 4) is 16.8 Å². The van der Waals surface area contributed by atoms with Crippen molar-refractivity contribution >= 4 is 27.6 Å². The molecule has 0 fully saturated rings. The van der Waals surface area contributed by atoms with Crippen molar-refractivity contribution in [1.82, 2.24) is 19.1 Å². The average Bonchev–Trinajstić information content (AvgIpc) is 3.25. The Bertz CT molecular complexity index is 1770. The summed E-state index contributed by atoms with van der Waals surface area (Å²) in [6.45, 7) is 9.69. The predicted octanol–water partition coefficient (Wildman–Crippen LogP) is 6.00. The molecular formula is C32H37ClN4O5S. The first-order chi connectivity index (χ1) is 20.3. The van der Waals surface area contributed by atoms with E-state index in [1.54, 1.807) is 68.7 Å². The van der Waals surface area contributed by atoms with Crippen molar-refractivity contribution in [3.05, 3.63) is 99.2 Å². The van der Waals surface area contributed by atoms with E-state index in [1.807, 2.05) is 24.3 Å². The lowest BCUT2D eigenvalue weighted by atomic mass is 10.0. The van der Waals surface area contributed by atoms with E-state index >= 15 is 0 Å². The second-order valence-electron chi connectivity index (χ2n) is 11.2. The Balaban J connectivity index is 1.67. The number of nitrogens with zero attached hydrogens (tertiary/aromatic N) is 3. The van der Waals surface area contributed by atoms with Gasteiger partial charge in [0.05, 0.1) is 34.3 Å². The number of nitrogens with one attached hydrogen (secondary N) is 1. The van der Waals surface area contributed by atoms with Crippen molar-refractivity contribution in [2.75, 3.05) is 6.61 Å². The van der Waals surface area contributed by atoms with E-state index in [2.05, 4.69) is 16.7 Å². The van der Waals surface area contributed by atoms with Gasteiger partial charge in [-0.15, -0.1) is 5.10 Å². The molecule has 9 nitrogen and oxygen atoms in total. The van der Waals surface area contributed by atoms with Crippen LogP contribution < -0.4 is 10.4 Å². The van der Waals surface area contributed by atoms with Crippen LogP contribution >= 0.6 is 11.6 Å². The van der Waals surface area contributed by atoms with Gasteiger partial charge in [-0.2, -0.15) is 4.68 Å². The molecule has 11 heteroatoms. The lowest BCUT2D eigenvalue weighted by Gasteiger charge is -2.21. The highest BCUT2D eigenvalue weighted by Crippen LogP contribution is 2.29. The van der Waals surface area contributed by atoms with Gasteiger partial charge in [-0.1, -0.05) is 67.4 Å². The Hall–Kier alpha value is -3.73. The molecular weight excluding hydrogens is 588 g/mol. The fraction of sp³-hybridized carbons (Fsp3) is 0.344. The van der Waals surface area contributed by atoms with Gasteiger partial charge in [0.15, 0.2) is 0 Å². The van der Waals surface area contributed by atoms with Gasteiger partial charge in [-0.05, 0) is 69.5 Å². The minimum Gasteiger partial charge on any atom is -0.462 e. The van der Waals surface area contributed by atoms with E-state index in [0.717, 1.165) is 24.0 Å². The maximum Gasteiger partial charge on any atom is 0.351 e. The molecule has 0 radical (unpaired) electrons. The Labute approximate surface area is 257 Å². The SMILES string of the molecule is CCCCc1nn(-c2ccc(C(=O)OCC)cc2Cl)c(=O)n1Cc1ccc(-c2ccccc2S(=O)(=O)NC(C)(C)C)cc1. The monoisotopic (exact) mass is 624 g/mol. The molecule has 0 atom stereocenters. The van der Waals surface area contributed by atoms with Crippen LogP contribution in [0.15, 0.2) is 76.4 Å². The van der Waals surface area contributed by atoms with Crippen molar-refractivity contribution in [2.24, 2.45) is 0 Å². The molecule has 0 aliphatic heterocycles. The van der Waals surface area contributed by atoms with Gasteiger partial charge in [-0.25, -0.2) is 22.7 Å². The summed E-state index contributed by atoms with van der Waals surface area (Å²) in [5.74, 6) is 0.123. The summed E-state index contributed by atoms with van der Waals surface area (Å²) in [5.41, 5.74) is 1.84. The first-order valence-electron chi connectivity index (χ1n) is 14.2. The zero-order chi connectivity index (χ0) is 31.4. The number of esters is 1. The molecule has 0 spiro atoms. The summed E-state index contributed by atoms with van der Waals surface area (Å²) < 4.78 is 36.9. The van der Waals surface area contributed by atoms with Crippen LogP contribution in [0.2, 0.25) is 5.02 Å². The van der Waals surface area contributed by atoms with Gasteiger partial charge >= 0.3 is 11.7 Å². The Morgan fingerprint density at radius 2 is 1.72 bits per heavy atom. The van der Waals surface area contributed by atoms with Crippen LogP contribution in [0, 0.1) is 0 Å². The maximum atomic E-state index is 13.6. The Morgan fingerprint density at radius 1 is 1.02 bits per heavy atom. The molecule has 0 aliphatic rings. The zero-order valence-electron chi connectivity index (χ0n) is 25.1. The molecule has 43 heavy (non-hydrogen) atoms. The molecule has 1 aromatic heterocycles. The topological polar surface area (TPSA) is 112 Å². The number of halogens is 1. The number of benzene rings is 3. The number of carbonyl (C=O) groups excluding carboxylic acids is 1. The average molecular weight is 625 g/mol. The lowest BCUT2D eigenvalue weighted by Crippen LogP contribution is -2.40. The first kappa shape index (κ1) is 32.2. The Kier molecular flexibility index (Phi) is 9.94. The van der Waals surface area contributed by atoms with Gasteiger partial charge in [0, 0.05) is 17.5 Å². The molecule has 0 bridgehead atoms. The van der Waals surface area contributed by atoms with E-state index in [4.69, 9.17) is 16.3 Å². The third-order valence-corrected chi connectivity index (χ3v) is 8.72. The second-order valence-corrected chi connectivity index (χ2v) is 13.3. The number of ether oxygens (including phenoxy) is 1. The van der Waals surface area contributed by atoms with Crippen LogP contribution in [0.1, 0.15) is 69.2 Å². The van der Waals surface area contributed by atoms with E-state index in [-0.39, 0.29) is 34.3 Å². The van der Waals surface area contributed by atoms with E-state index in [1.165, 1.54) is 10.7 Å². The molecule has 1 N–H and O–H groups in total. The molecule has 228 valence electrons. The van der Waals surface area contributed by atoms with E-state index in [0.29, 0.717) is 23.5 Å². The smallest absolute Gasteiger partial charge is 0.351 e. The summed E-state index contributed by atoms with van der Waals surface area (Å²) in [5, 5.41) is 4.82. The minimum atomic E-state index is -3.76. The number of carbonyl (C=O) groups is 1. The quantitative estimate of drug-likeness (QED) is 0.205. The summed E-state index contributed by atoms with van der Waals surface area (Å²) in [4.78, 5) is 26.0. The molecule has 0 saturated heterocycles. The second kappa shape index (κ2) is 13.3. The number of unbranched alkanes of at least 4 members (excludes halogenated alkanes) is 1. The summed E-state index contributed by atoms with van der Waals surface area (Å²) in [6, 6.07) is 19.0. The summed E-state index contributed by atoms with van der Waals surface area (Å²) in [7, 11) is -3.76. The molecule has 4 aromatic rings. The molecule has 0 aliphatic carbocycles. The third-order valence-electron chi connectivity index (χ3n) is 6.60. The van der Waals surface area contributed by atoms with Crippen LogP contribution in [0.3, 0.4) is 0 Å². The number of aryl methyl sites for hydroxylation is 1. The molecule has 0 unspecified atom stereocenters. The van der Waals surface area contributed by atoms with Crippen molar-refractivity contribution in [2.45, 2.75) is 70.9 Å².